The highest BCUT2D eigenvalue weighted by atomic mass is 35.5. The van der Waals surface area contributed by atoms with Crippen LogP contribution in [0.2, 0.25) is 5.02 Å². The third-order valence-electron chi connectivity index (χ3n) is 3.51. The Morgan fingerprint density at radius 3 is 2.57 bits per heavy atom. The first-order valence-electron chi connectivity index (χ1n) is 7.32. The van der Waals surface area contributed by atoms with Gasteiger partial charge in [-0.05, 0) is 42.7 Å². The molecule has 1 heterocycles. The summed E-state index contributed by atoms with van der Waals surface area (Å²) < 4.78 is 5.86. The number of hydrogen-bond acceptors (Lipinski definition) is 5. The molecule has 118 valence electrons. The first-order valence-corrected chi connectivity index (χ1v) is 7.70. The van der Waals surface area contributed by atoms with Crippen molar-refractivity contribution < 1.29 is 4.74 Å². The summed E-state index contributed by atoms with van der Waals surface area (Å²) in [7, 11) is 0. The van der Waals surface area contributed by atoms with Crippen LogP contribution in [0.1, 0.15) is 12.0 Å². The summed E-state index contributed by atoms with van der Waals surface area (Å²) in [6.07, 6.45) is 1.80. The third-order valence-corrected chi connectivity index (χ3v) is 3.76. The smallest absolute Gasteiger partial charge is 0.222 e. The van der Waals surface area contributed by atoms with Crippen LogP contribution in [0.25, 0.3) is 10.9 Å². The Morgan fingerprint density at radius 2 is 1.78 bits per heavy atom. The van der Waals surface area contributed by atoms with Crippen LogP contribution < -0.4 is 16.2 Å². The molecular formula is C17H17ClN4O. The number of fused-ring (bicyclic) bond motifs is 1. The van der Waals surface area contributed by atoms with Gasteiger partial charge in [-0.2, -0.15) is 4.98 Å². The average Bonchev–Trinajstić information content (AvgIpc) is 2.52. The van der Waals surface area contributed by atoms with Gasteiger partial charge in [0.25, 0.3) is 0 Å². The minimum absolute atomic E-state index is 0.162. The zero-order valence-electron chi connectivity index (χ0n) is 12.5. The predicted octanol–water partition coefficient (Wildman–Crippen LogP) is 3.46. The number of nitrogens with two attached hydrogens (primary N) is 2. The molecule has 5 nitrogen and oxygen atoms in total. The number of rotatable bonds is 5. The maximum absolute atomic E-state index is 5.94. The molecule has 3 rings (SSSR count). The van der Waals surface area contributed by atoms with Crippen LogP contribution in [0.5, 0.6) is 5.75 Å². The molecule has 4 N–H and O–H groups in total. The molecule has 2 aromatic carbocycles. The summed E-state index contributed by atoms with van der Waals surface area (Å²) in [6, 6.07) is 13.4. The average molecular weight is 329 g/mol. The molecule has 0 atom stereocenters. The van der Waals surface area contributed by atoms with E-state index in [1.54, 1.807) is 0 Å². The number of anilines is 2. The Balaban J connectivity index is 1.66. The maximum Gasteiger partial charge on any atom is 0.222 e. The Kier molecular flexibility index (Phi) is 4.48. The summed E-state index contributed by atoms with van der Waals surface area (Å²) in [5.41, 5.74) is 13.5. The molecule has 0 bridgehead atoms. The lowest BCUT2D eigenvalue weighted by Crippen LogP contribution is -2.04. The van der Waals surface area contributed by atoms with E-state index in [0.717, 1.165) is 17.9 Å². The standard InChI is InChI=1S/C17H17ClN4O/c18-12-8-6-11(7-9-12)3-2-10-23-14-5-1-4-13-15(14)16(19)22-17(20)21-13/h1,4-9H,2-3,10H2,(H4,19,20,21,22). The largest absolute Gasteiger partial charge is 0.493 e. The first-order chi connectivity index (χ1) is 11.1. The number of aromatic nitrogens is 2. The van der Waals surface area contributed by atoms with Gasteiger partial charge in [0.15, 0.2) is 0 Å². The second-order valence-corrected chi connectivity index (χ2v) is 5.63. The quantitative estimate of drug-likeness (QED) is 0.700. The Bertz CT molecular complexity index is 821. The molecule has 0 saturated carbocycles. The lowest BCUT2D eigenvalue weighted by atomic mass is 10.1. The number of ether oxygens (including phenoxy) is 1. The van der Waals surface area contributed by atoms with Crippen LogP contribution in [-0.2, 0) is 6.42 Å². The van der Waals surface area contributed by atoms with E-state index < -0.39 is 0 Å². The maximum atomic E-state index is 5.94. The number of benzene rings is 2. The van der Waals surface area contributed by atoms with Crippen molar-refractivity contribution in [3.8, 4) is 5.75 Å². The third kappa shape index (κ3) is 3.63. The fraction of sp³-hybridized carbons (Fsp3) is 0.176. The molecule has 0 spiro atoms. The SMILES string of the molecule is Nc1nc(N)c2c(OCCCc3ccc(Cl)cc3)cccc2n1. The molecule has 6 heteroatoms. The predicted molar refractivity (Wildman–Crippen MR) is 93.6 cm³/mol. The lowest BCUT2D eigenvalue weighted by Gasteiger charge is -2.10. The molecule has 0 aliphatic heterocycles. The second kappa shape index (κ2) is 6.71. The van der Waals surface area contributed by atoms with Crippen molar-refractivity contribution >= 4 is 34.3 Å². The highest BCUT2D eigenvalue weighted by Crippen LogP contribution is 2.29. The van der Waals surface area contributed by atoms with Gasteiger partial charge in [-0.3, -0.25) is 0 Å². The Labute approximate surface area is 139 Å². The zero-order chi connectivity index (χ0) is 16.2. The zero-order valence-corrected chi connectivity index (χ0v) is 13.3. The van der Waals surface area contributed by atoms with Gasteiger partial charge in [-0.25, -0.2) is 4.98 Å². The van der Waals surface area contributed by atoms with E-state index in [-0.39, 0.29) is 5.95 Å². The van der Waals surface area contributed by atoms with Gasteiger partial charge in [0.2, 0.25) is 5.95 Å². The van der Waals surface area contributed by atoms with Gasteiger partial charge < -0.3 is 16.2 Å². The van der Waals surface area contributed by atoms with Crippen molar-refractivity contribution in [3.63, 3.8) is 0 Å². The molecule has 0 fully saturated rings. The van der Waals surface area contributed by atoms with Crippen molar-refractivity contribution in [1.29, 1.82) is 0 Å². The highest BCUT2D eigenvalue weighted by Gasteiger charge is 2.09. The molecule has 3 aromatic rings. The number of aryl methyl sites for hydroxylation is 1. The van der Waals surface area contributed by atoms with Crippen LogP contribution >= 0.6 is 11.6 Å². The normalized spacial score (nSPS) is 10.8. The fourth-order valence-corrected chi connectivity index (χ4v) is 2.55. The van der Waals surface area contributed by atoms with E-state index in [1.807, 2.05) is 42.5 Å². The molecule has 23 heavy (non-hydrogen) atoms. The van der Waals surface area contributed by atoms with Crippen LogP contribution in [-0.4, -0.2) is 16.6 Å². The van der Waals surface area contributed by atoms with E-state index in [0.29, 0.717) is 29.1 Å². The van der Waals surface area contributed by atoms with Crippen molar-refractivity contribution in [3.05, 3.63) is 53.1 Å². The van der Waals surface area contributed by atoms with E-state index in [2.05, 4.69) is 9.97 Å². The molecule has 0 aliphatic carbocycles. The van der Waals surface area contributed by atoms with Crippen LogP contribution in [0.3, 0.4) is 0 Å². The van der Waals surface area contributed by atoms with Crippen molar-refractivity contribution in [2.45, 2.75) is 12.8 Å². The Morgan fingerprint density at radius 1 is 1.00 bits per heavy atom. The van der Waals surface area contributed by atoms with Gasteiger partial charge in [-0.15, -0.1) is 0 Å². The van der Waals surface area contributed by atoms with Crippen molar-refractivity contribution in [2.24, 2.45) is 0 Å². The summed E-state index contributed by atoms with van der Waals surface area (Å²) in [5, 5.41) is 1.45. The van der Waals surface area contributed by atoms with Gasteiger partial charge in [0, 0.05) is 5.02 Å². The molecule has 0 amide bonds. The van der Waals surface area contributed by atoms with Gasteiger partial charge in [-0.1, -0.05) is 29.8 Å². The molecule has 0 unspecified atom stereocenters. The van der Waals surface area contributed by atoms with Gasteiger partial charge in [0.05, 0.1) is 17.5 Å². The summed E-state index contributed by atoms with van der Waals surface area (Å²) in [6.45, 7) is 0.575. The number of nitrogen functional groups attached to an aromatic ring is 2. The molecule has 1 aromatic heterocycles. The lowest BCUT2D eigenvalue weighted by molar-refractivity contribution is 0.314. The van der Waals surface area contributed by atoms with Gasteiger partial charge in [0.1, 0.15) is 11.6 Å². The van der Waals surface area contributed by atoms with E-state index in [9.17, 15) is 0 Å². The highest BCUT2D eigenvalue weighted by molar-refractivity contribution is 6.30. The summed E-state index contributed by atoms with van der Waals surface area (Å²) in [4.78, 5) is 8.17. The minimum atomic E-state index is 0.162. The van der Waals surface area contributed by atoms with Crippen molar-refractivity contribution in [2.75, 3.05) is 18.1 Å². The second-order valence-electron chi connectivity index (χ2n) is 5.20. The minimum Gasteiger partial charge on any atom is -0.493 e. The summed E-state index contributed by atoms with van der Waals surface area (Å²) >= 11 is 5.88. The summed E-state index contributed by atoms with van der Waals surface area (Å²) in [5.74, 6) is 1.17. The molecular weight excluding hydrogens is 312 g/mol. The van der Waals surface area contributed by atoms with E-state index >= 15 is 0 Å². The van der Waals surface area contributed by atoms with Gasteiger partial charge >= 0.3 is 0 Å². The van der Waals surface area contributed by atoms with Crippen LogP contribution in [0.15, 0.2) is 42.5 Å². The fourth-order valence-electron chi connectivity index (χ4n) is 2.43. The number of hydrogen-bond donors (Lipinski definition) is 2. The topological polar surface area (TPSA) is 87.0 Å². The first kappa shape index (κ1) is 15.4. The number of nitrogens with zero attached hydrogens (tertiary/aromatic N) is 2. The van der Waals surface area contributed by atoms with E-state index in [4.69, 9.17) is 27.8 Å². The van der Waals surface area contributed by atoms with Crippen molar-refractivity contribution in [1.82, 2.24) is 9.97 Å². The number of halogens is 1. The monoisotopic (exact) mass is 328 g/mol. The Hall–Kier alpha value is -2.53. The van der Waals surface area contributed by atoms with E-state index in [1.165, 1.54) is 5.56 Å². The molecule has 0 aliphatic rings. The molecule has 0 saturated heterocycles. The van der Waals surface area contributed by atoms with Crippen LogP contribution in [0, 0.1) is 0 Å². The van der Waals surface area contributed by atoms with Crippen LogP contribution in [0.4, 0.5) is 11.8 Å². The molecule has 0 radical (unpaired) electrons.